The normalized spacial score (nSPS) is 20.6. The van der Waals surface area contributed by atoms with E-state index in [1.54, 1.807) is 57.2 Å². The molecular weight excluding hydrogens is 1100 g/mol. The van der Waals surface area contributed by atoms with Crippen LogP contribution in [0.15, 0.2) is 83.9 Å². The molecule has 8 amide bonds. The van der Waals surface area contributed by atoms with Gasteiger partial charge in [-0.3, -0.25) is 47.9 Å². The zero-order valence-electron chi connectivity index (χ0n) is 44.7. The molecule has 4 atom stereocenters. The highest BCUT2D eigenvalue weighted by Gasteiger charge is 2.37. The number of hydrogen-bond acceptors (Lipinski definition) is 19. The van der Waals surface area contributed by atoms with E-state index in [1.807, 2.05) is 0 Å². The van der Waals surface area contributed by atoms with E-state index in [9.17, 15) is 58.2 Å². The first kappa shape index (κ1) is 62.4. The lowest BCUT2D eigenvalue weighted by Gasteiger charge is -2.33. The summed E-state index contributed by atoms with van der Waals surface area (Å²) in [6.07, 6.45) is 1.35. The molecule has 0 radical (unpaired) electrons. The number of carbonyl (C=O) groups excluding carboxylic acids is 10. The third kappa shape index (κ3) is 15.6. The second kappa shape index (κ2) is 27.9. The van der Waals surface area contributed by atoms with E-state index in [4.69, 9.17) is 9.47 Å². The topological polar surface area (TPSA) is 304 Å². The smallest absolute Gasteiger partial charge is 0.274 e. The molecule has 3 aromatic rings. The number of pyridine rings is 1. The summed E-state index contributed by atoms with van der Waals surface area (Å²) in [4.78, 5) is 148. The first-order valence-corrected chi connectivity index (χ1v) is 28.4. The molecule has 0 spiro atoms. The van der Waals surface area contributed by atoms with Crippen molar-refractivity contribution in [2.45, 2.75) is 44.9 Å². The van der Waals surface area contributed by atoms with E-state index in [0.29, 0.717) is 51.5 Å². The molecule has 2 unspecified atom stereocenters. The van der Waals surface area contributed by atoms with Gasteiger partial charge in [0, 0.05) is 56.6 Å². The maximum absolute atomic E-state index is 14.5. The third-order valence-corrected chi connectivity index (χ3v) is 17.0. The van der Waals surface area contributed by atoms with Gasteiger partial charge in [-0.25, -0.2) is 4.98 Å². The maximum Gasteiger partial charge on any atom is 0.274 e. The van der Waals surface area contributed by atoms with Crippen molar-refractivity contribution < 1.29 is 67.6 Å². The number of hydrogen-bond donors (Lipinski definition) is 6. The van der Waals surface area contributed by atoms with Gasteiger partial charge in [0.1, 0.15) is 47.2 Å². The molecule has 23 nitrogen and oxygen atoms in total. The molecule has 0 saturated carbocycles. The zero-order valence-corrected chi connectivity index (χ0v) is 48.0. The van der Waals surface area contributed by atoms with Crippen molar-refractivity contribution >= 4 is 120 Å². The van der Waals surface area contributed by atoms with Crippen LogP contribution in [0.2, 0.25) is 0 Å². The number of allylic oxidation sites excluding steroid dienone is 1. The Morgan fingerprint density at radius 2 is 1.20 bits per heavy atom. The number of nitrogens with zero attached hydrogens (tertiary/aromatic N) is 5. The van der Waals surface area contributed by atoms with Crippen molar-refractivity contribution in [1.82, 2.24) is 45.9 Å². The number of rotatable bonds is 8. The Bertz CT molecular complexity index is 3060. The first-order valence-electron chi connectivity index (χ1n) is 23.9. The molecule has 2 aliphatic rings. The minimum Gasteiger partial charge on any atom is -0.507 e. The summed E-state index contributed by atoms with van der Waals surface area (Å²) in [7, 11) is 9.97. The number of ether oxygens (including phenoxy) is 2. The van der Waals surface area contributed by atoms with Crippen LogP contribution in [0.4, 0.5) is 0 Å². The number of carbonyl (C=O) groups is 10. The number of nitrogens with one attached hydrogen (secondary N) is 4. The molecule has 2 aromatic carbocycles. The van der Waals surface area contributed by atoms with Gasteiger partial charge in [0.05, 0.1) is 49.8 Å². The van der Waals surface area contributed by atoms with Crippen LogP contribution < -0.4 is 30.7 Å². The number of aromatic nitrogens is 1. The minimum absolute atomic E-state index is 0.196. The second-order valence-corrected chi connectivity index (χ2v) is 22.6. The Morgan fingerprint density at radius 3 is 1.70 bits per heavy atom. The van der Waals surface area contributed by atoms with Crippen molar-refractivity contribution in [1.29, 1.82) is 0 Å². The number of aromatic hydroxyl groups is 1. The van der Waals surface area contributed by atoms with Crippen molar-refractivity contribution in [3.63, 3.8) is 0 Å². The Morgan fingerprint density at radius 1 is 0.722 bits per heavy atom. The summed E-state index contributed by atoms with van der Waals surface area (Å²) in [6, 6.07) is 5.13. The average molecular weight is 1160 g/mol. The van der Waals surface area contributed by atoms with Crippen LogP contribution in [0.3, 0.4) is 0 Å². The monoisotopic (exact) mass is 1160 g/mol. The lowest BCUT2D eigenvalue weighted by Crippen LogP contribution is -2.55. The molecule has 0 aliphatic carbocycles. The summed E-state index contributed by atoms with van der Waals surface area (Å²) in [6.45, 7) is 11.0. The number of aryl methyl sites for hydroxylation is 1. The molecule has 79 heavy (non-hydrogen) atoms. The fourth-order valence-electron chi connectivity index (χ4n) is 7.54. The van der Waals surface area contributed by atoms with Gasteiger partial charge >= 0.3 is 0 Å². The molecular formula is C52H61N9O14S4. The van der Waals surface area contributed by atoms with E-state index in [-0.39, 0.29) is 22.6 Å². The van der Waals surface area contributed by atoms with Gasteiger partial charge in [-0.1, -0.05) is 69.9 Å². The fraction of sp³-hybridized carbons (Fsp3) is 0.365. The molecule has 422 valence electrons. The van der Waals surface area contributed by atoms with Gasteiger partial charge < -0.3 is 60.6 Å². The number of aliphatic hydroxyl groups excluding tert-OH is 1. The van der Waals surface area contributed by atoms with E-state index < -0.39 is 135 Å². The molecule has 2 aliphatic heterocycles. The largest absolute Gasteiger partial charge is 0.507 e. The van der Waals surface area contributed by atoms with Gasteiger partial charge in [0.2, 0.25) is 33.9 Å². The summed E-state index contributed by atoms with van der Waals surface area (Å²) >= 11 is 0.965. The lowest BCUT2D eigenvalue weighted by atomic mass is 10.0. The summed E-state index contributed by atoms with van der Waals surface area (Å²) in [5.41, 5.74) is 0.394. The van der Waals surface area contributed by atoms with Crippen molar-refractivity contribution in [2.24, 2.45) is 0 Å². The Labute approximate surface area is 472 Å². The highest BCUT2D eigenvalue weighted by atomic mass is 33.1. The maximum atomic E-state index is 14.5. The summed E-state index contributed by atoms with van der Waals surface area (Å²) in [5, 5.41) is 30.9. The molecule has 3 heterocycles. The first-order chi connectivity index (χ1) is 37.3. The van der Waals surface area contributed by atoms with Gasteiger partial charge in [0.25, 0.3) is 23.6 Å². The van der Waals surface area contributed by atoms with Crippen LogP contribution in [0.1, 0.15) is 35.5 Å². The van der Waals surface area contributed by atoms with Crippen LogP contribution in [0, 0.1) is 6.92 Å². The number of likely N-dealkylation sites (N-methyl/N-ethyl adjacent to an activating group) is 4. The highest BCUT2D eigenvalue weighted by molar-refractivity contribution is 8.76. The number of amides is 8. The molecule has 5 rings (SSSR count). The number of fused-ring (bicyclic) bond motifs is 6. The predicted molar refractivity (Wildman–Crippen MR) is 303 cm³/mol. The molecule has 1 aromatic heterocycles. The van der Waals surface area contributed by atoms with E-state index in [0.717, 1.165) is 46.8 Å². The van der Waals surface area contributed by atoms with Crippen molar-refractivity contribution in [2.75, 3.05) is 78.5 Å². The van der Waals surface area contributed by atoms with E-state index in [1.165, 1.54) is 54.6 Å². The highest BCUT2D eigenvalue weighted by Crippen LogP contribution is 2.30. The molecule has 2 fully saturated rings. The second-order valence-electron chi connectivity index (χ2n) is 18.0. The lowest BCUT2D eigenvalue weighted by molar-refractivity contribution is -0.142. The number of methoxy groups -OCH3 is 2. The molecule has 2 saturated heterocycles. The Kier molecular flexibility index (Phi) is 22.0. The Balaban J connectivity index is 1.49. The number of benzene rings is 2. The van der Waals surface area contributed by atoms with Crippen LogP contribution in [-0.4, -0.2) is 195 Å². The number of aliphatic hydroxyl groups is 1. The van der Waals surface area contributed by atoms with Crippen LogP contribution in [0.25, 0.3) is 17.0 Å². The van der Waals surface area contributed by atoms with Gasteiger partial charge in [-0.15, -0.1) is 0 Å². The van der Waals surface area contributed by atoms with Crippen LogP contribution in [-0.2, 0) is 43.2 Å². The third-order valence-electron chi connectivity index (χ3n) is 12.6. The van der Waals surface area contributed by atoms with Crippen molar-refractivity contribution in [3.8, 4) is 17.2 Å². The van der Waals surface area contributed by atoms with E-state index >= 15 is 0 Å². The summed E-state index contributed by atoms with van der Waals surface area (Å²) in [5.74, 6) is -8.69. The summed E-state index contributed by atoms with van der Waals surface area (Å²) < 4.78 is 10.5. The zero-order chi connectivity index (χ0) is 58.6. The SMILES string of the molecule is C=C1C(=O)SC[C@@H](NC(=O)c2nc3ccc(OC)cc3cc2O)C(=O)NCC(=O)N(C)C2CSSCC(C(=O)N1C)N(C)C(=O)CNC(=O)[C@H](NC(=O)C(=C(C)C)/C(O)=C\c1cc(OC)ccc1C)CSC(=O)C(=C)N(C)C2=O. The van der Waals surface area contributed by atoms with Crippen molar-refractivity contribution in [3.05, 3.63) is 101 Å². The average Bonchev–Trinajstić information content (AvgIpc) is 3.46. The Hall–Kier alpha value is -7.49. The van der Waals surface area contributed by atoms with Gasteiger partial charge in [-0.05, 0) is 74.4 Å². The standard InChI is InChI=1S/C52H61N9O14S4/c1-26(2)43(39(62)18-30-16-32(74-10)13-12-27(30)3)47(68)56-35-22-76-51(72)28(4)58(6)49(70)38-25-79-78-24-37(60(8)41(64)20-53-45(35)66)50(71)59(7)29(5)52(73)77-23-36(46(67)54-21-42(65)61(38)9)57-48(69)44-40(63)19-31-17-33(75-11)14-15-34(31)55-44/h12-19,35-38,62-63H,4-5,20-25H2,1-3,6-11H3,(H,53,66)(H,54,67)(H,56,68)(H,57,69)/b39-18+/t35-,36-,37?,38?/m1/s1. The fourth-order valence-corrected chi connectivity index (χ4v) is 11.8. The number of thioether (sulfide) groups is 2. The van der Waals surface area contributed by atoms with E-state index in [2.05, 4.69) is 39.4 Å². The quantitative estimate of drug-likeness (QED) is 0.0817. The predicted octanol–water partition coefficient (Wildman–Crippen LogP) is 2.54. The van der Waals surface area contributed by atoms with Gasteiger partial charge in [-0.2, -0.15) is 0 Å². The molecule has 2 bridgehead atoms. The van der Waals surface area contributed by atoms with Crippen LogP contribution in [0.5, 0.6) is 17.2 Å². The molecule has 6 N–H and O–H groups in total. The van der Waals surface area contributed by atoms with Gasteiger partial charge in [0.15, 0.2) is 5.69 Å². The van der Waals surface area contributed by atoms with Crippen LogP contribution >= 0.6 is 45.1 Å². The minimum atomic E-state index is -1.60. The molecule has 27 heteroatoms.